The van der Waals surface area contributed by atoms with Gasteiger partial charge in [-0.3, -0.25) is 4.90 Å². The van der Waals surface area contributed by atoms with Crippen molar-refractivity contribution < 1.29 is 9.84 Å². The van der Waals surface area contributed by atoms with E-state index in [1.165, 1.54) is 4.88 Å². The number of aliphatic hydroxyl groups is 1. The van der Waals surface area contributed by atoms with Gasteiger partial charge in [0, 0.05) is 24.5 Å². The highest BCUT2D eigenvalue weighted by atomic mass is 32.1. The van der Waals surface area contributed by atoms with Crippen molar-refractivity contribution in [2.24, 2.45) is 5.73 Å². The number of hydrogen-bond donors (Lipinski definition) is 2. The molecular weight excluding hydrogens is 272 g/mol. The maximum Gasteiger partial charge on any atom is 0.0772 e. The molecule has 0 saturated carbocycles. The van der Waals surface area contributed by atoms with Gasteiger partial charge in [-0.2, -0.15) is 0 Å². The second-order valence-corrected chi connectivity index (χ2v) is 6.01. The van der Waals surface area contributed by atoms with E-state index in [2.05, 4.69) is 28.9 Å². The van der Waals surface area contributed by atoms with Crippen LogP contribution in [-0.4, -0.2) is 49.0 Å². The summed E-state index contributed by atoms with van der Waals surface area (Å²) in [5.41, 5.74) is 5.38. The van der Waals surface area contributed by atoms with E-state index in [1.54, 1.807) is 11.3 Å². The lowest BCUT2D eigenvalue weighted by atomic mass is 10.1. The van der Waals surface area contributed by atoms with Crippen molar-refractivity contribution >= 4 is 11.3 Å². The van der Waals surface area contributed by atoms with Crippen LogP contribution in [0.1, 0.15) is 22.6 Å². The minimum absolute atomic E-state index is 0.113. The van der Waals surface area contributed by atoms with Crippen LogP contribution < -0.4 is 5.73 Å². The Morgan fingerprint density at radius 2 is 2.20 bits per heavy atom. The molecule has 0 unspecified atom stereocenters. The maximum atomic E-state index is 8.75. The first-order valence-corrected chi connectivity index (χ1v) is 7.86. The van der Waals surface area contributed by atoms with Crippen LogP contribution in [0.15, 0.2) is 12.1 Å². The van der Waals surface area contributed by atoms with E-state index in [9.17, 15) is 0 Å². The van der Waals surface area contributed by atoms with Crippen LogP contribution in [0.2, 0.25) is 0 Å². The molecule has 1 aromatic rings. The van der Waals surface area contributed by atoms with Crippen molar-refractivity contribution in [1.82, 2.24) is 4.90 Å². The predicted molar refractivity (Wildman–Crippen MR) is 81.6 cm³/mol. The van der Waals surface area contributed by atoms with Gasteiger partial charge in [0.2, 0.25) is 0 Å². The van der Waals surface area contributed by atoms with Crippen LogP contribution >= 0.6 is 11.3 Å². The van der Waals surface area contributed by atoms with Gasteiger partial charge in [-0.05, 0) is 25.0 Å². The molecule has 3 N–H and O–H groups in total. The standard InChI is InChI=1S/C15H22N2O2S/c16-7-1-2-14-3-4-15(20-14)12-17-8-5-13(6-9-17)19-11-10-18/h3-4,13,18H,5-12,16H2. The molecule has 0 aliphatic carbocycles. The van der Waals surface area contributed by atoms with Crippen LogP contribution in [-0.2, 0) is 11.3 Å². The molecule has 1 fully saturated rings. The zero-order chi connectivity index (χ0) is 14.2. The Morgan fingerprint density at radius 3 is 2.90 bits per heavy atom. The van der Waals surface area contributed by atoms with Gasteiger partial charge < -0.3 is 15.6 Å². The van der Waals surface area contributed by atoms with Gasteiger partial charge in [-0.1, -0.05) is 11.8 Å². The van der Waals surface area contributed by atoms with E-state index >= 15 is 0 Å². The van der Waals surface area contributed by atoms with E-state index in [4.69, 9.17) is 15.6 Å². The minimum atomic E-state index is 0.113. The lowest BCUT2D eigenvalue weighted by Crippen LogP contribution is -2.36. The lowest BCUT2D eigenvalue weighted by Gasteiger charge is -2.31. The molecule has 0 amide bonds. The lowest BCUT2D eigenvalue weighted by molar-refractivity contribution is -0.00886. The first kappa shape index (κ1) is 15.5. The molecule has 0 aromatic carbocycles. The Morgan fingerprint density at radius 1 is 1.40 bits per heavy atom. The molecular formula is C15H22N2O2S. The minimum Gasteiger partial charge on any atom is -0.394 e. The first-order valence-electron chi connectivity index (χ1n) is 7.04. The normalized spacial score (nSPS) is 16.9. The van der Waals surface area contributed by atoms with Crippen LogP contribution in [0, 0.1) is 11.8 Å². The van der Waals surface area contributed by atoms with Crippen LogP contribution in [0.4, 0.5) is 0 Å². The molecule has 20 heavy (non-hydrogen) atoms. The quantitative estimate of drug-likeness (QED) is 0.797. The van der Waals surface area contributed by atoms with Gasteiger partial charge >= 0.3 is 0 Å². The number of nitrogens with two attached hydrogens (primary N) is 1. The molecule has 0 radical (unpaired) electrons. The number of likely N-dealkylation sites (tertiary alicyclic amines) is 1. The number of nitrogens with zero attached hydrogens (tertiary/aromatic N) is 1. The third kappa shape index (κ3) is 4.89. The zero-order valence-corrected chi connectivity index (χ0v) is 12.5. The Balaban J connectivity index is 1.76. The van der Waals surface area contributed by atoms with Crippen molar-refractivity contribution in [2.45, 2.75) is 25.5 Å². The maximum absolute atomic E-state index is 8.75. The van der Waals surface area contributed by atoms with E-state index in [0.717, 1.165) is 37.4 Å². The van der Waals surface area contributed by atoms with Crippen molar-refractivity contribution in [3.8, 4) is 11.8 Å². The smallest absolute Gasteiger partial charge is 0.0772 e. The van der Waals surface area contributed by atoms with Crippen LogP contribution in [0.3, 0.4) is 0 Å². The number of thiophene rings is 1. The number of rotatable bonds is 5. The largest absolute Gasteiger partial charge is 0.394 e. The summed E-state index contributed by atoms with van der Waals surface area (Å²) in [5.74, 6) is 5.96. The van der Waals surface area contributed by atoms with E-state index in [1.807, 2.05) is 0 Å². The molecule has 2 heterocycles. The molecule has 1 saturated heterocycles. The van der Waals surface area contributed by atoms with Gasteiger partial charge in [-0.15, -0.1) is 11.3 Å². The van der Waals surface area contributed by atoms with Gasteiger partial charge in [0.25, 0.3) is 0 Å². The summed E-state index contributed by atoms with van der Waals surface area (Å²) < 4.78 is 5.57. The summed E-state index contributed by atoms with van der Waals surface area (Å²) in [5, 5.41) is 8.75. The fourth-order valence-electron chi connectivity index (χ4n) is 2.34. The van der Waals surface area contributed by atoms with Crippen molar-refractivity contribution in [2.75, 3.05) is 32.8 Å². The molecule has 1 aliphatic heterocycles. The Hall–Kier alpha value is -0.900. The predicted octanol–water partition coefficient (Wildman–Crippen LogP) is 1.03. The van der Waals surface area contributed by atoms with E-state index in [0.29, 0.717) is 19.3 Å². The van der Waals surface area contributed by atoms with Crippen molar-refractivity contribution in [3.63, 3.8) is 0 Å². The Kier molecular flexibility index (Phi) is 6.51. The number of piperidine rings is 1. The summed E-state index contributed by atoms with van der Waals surface area (Å²) in [6.07, 6.45) is 2.41. The summed E-state index contributed by atoms with van der Waals surface area (Å²) >= 11 is 1.75. The van der Waals surface area contributed by atoms with Crippen LogP contribution in [0.25, 0.3) is 0 Å². The summed E-state index contributed by atoms with van der Waals surface area (Å²) in [6, 6.07) is 4.22. The third-order valence-electron chi connectivity index (χ3n) is 3.33. The molecule has 110 valence electrons. The third-order valence-corrected chi connectivity index (χ3v) is 4.32. The van der Waals surface area contributed by atoms with Gasteiger partial charge in [0.05, 0.1) is 30.7 Å². The fraction of sp³-hybridized carbons (Fsp3) is 0.600. The highest BCUT2D eigenvalue weighted by Crippen LogP contribution is 2.20. The second kappa shape index (κ2) is 8.40. The van der Waals surface area contributed by atoms with Gasteiger partial charge in [0.1, 0.15) is 0 Å². The molecule has 2 rings (SSSR count). The van der Waals surface area contributed by atoms with Gasteiger partial charge in [-0.25, -0.2) is 0 Å². The summed E-state index contributed by atoms with van der Waals surface area (Å²) in [4.78, 5) is 4.89. The average molecular weight is 294 g/mol. The Bertz CT molecular complexity index is 456. The van der Waals surface area contributed by atoms with Crippen molar-refractivity contribution in [1.29, 1.82) is 0 Å². The zero-order valence-electron chi connectivity index (χ0n) is 11.7. The fourth-order valence-corrected chi connectivity index (χ4v) is 3.27. The summed E-state index contributed by atoms with van der Waals surface area (Å²) in [6.45, 7) is 4.08. The van der Waals surface area contributed by atoms with Crippen molar-refractivity contribution in [3.05, 3.63) is 21.9 Å². The number of hydrogen-bond acceptors (Lipinski definition) is 5. The summed E-state index contributed by atoms with van der Waals surface area (Å²) in [7, 11) is 0. The molecule has 4 nitrogen and oxygen atoms in total. The highest BCUT2D eigenvalue weighted by Gasteiger charge is 2.19. The Labute approximate surface area is 124 Å². The first-order chi connectivity index (χ1) is 9.81. The topological polar surface area (TPSA) is 58.7 Å². The average Bonchev–Trinajstić information content (AvgIpc) is 2.92. The van der Waals surface area contributed by atoms with E-state index < -0.39 is 0 Å². The molecule has 0 bridgehead atoms. The molecule has 1 aliphatic rings. The molecule has 5 heteroatoms. The number of aliphatic hydroxyl groups excluding tert-OH is 1. The van der Waals surface area contributed by atoms with Crippen LogP contribution in [0.5, 0.6) is 0 Å². The van der Waals surface area contributed by atoms with Gasteiger partial charge in [0.15, 0.2) is 0 Å². The second-order valence-electron chi connectivity index (χ2n) is 4.84. The SMILES string of the molecule is NCC#Cc1ccc(CN2CCC(OCCO)CC2)s1. The monoisotopic (exact) mass is 294 g/mol. The van der Waals surface area contributed by atoms with E-state index in [-0.39, 0.29) is 6.61 Å². The molecule has 1 aromatic heterocycles. The molecule has 0 spiro atoms. The molecule has 0 atom stereocenters. The number of ether oxygens (including phenoxy) is 1. The highest BCUT2D eigenvalue weighted by molar-refractivity contribution is 7.12.